The minimum absolute atomic E-state index is 0.157. The normalized spacial score (nSPS) is 15.5. The lowest BCUT2D eigenvalue weighted by Crippen LogP contribution is -2.40. The van der Waals surface area contributed by atoms with E-state index in [9.17, 15) is 9.59 Å². The number of ether oxygens (including phenoxy) is 1. The first-order chi connectivity index (χ1) is 18.0. The van der Waals surface area contributed by atoms with Crippen LogP contribution in [-0.4, -0.2) is 34.3 Å². The molecule has 0 aliphatic carbocycles. The number of carbonyl (C=O) groups excluding carboxylic acids is 2. The van der Waals surface area contributed by atoms with Gasteiger partial charge in [-0.3, -0.25) is 14.6 Å². The van der Waals surface area contributed by atoms with E-state index in [-0.39, 0.29) is 17.9 Å². The fourth-order valence-electron chi connectivity index (χ4n) is 4.71. The minimum Gasteiger partial charge on any atom is -0.481 e. The third-order valence-corrected chi connectivity index (χ3v) is 6.55. The van der Waals surface area contributed by atoms with Gasteiger partial charge in [0.1, 0.15) is 5.75 Å². The highest BCUT2D eigenvalue weighted by Gasteiger charge is 2.34. The molecule has 0 spiro atoms. The second kappa shape index (κ2) is 10.7. The molecule has 0 saturated heterocycles. The van der Waals surface area contributed by atoms with Gasteiger partial charge in [0.2, 0.25) is 0 Å². The lowest BCUT2D eigenvalue weighted by atomic mass is 9.87. The summed E-state index contributed by atoms with van der Waals surface area (Å²) >= 11 is 0. The molecule has 0 radical (unpaired) electrons. The summed E-state index contributed by atoms with van der Waals surface area (Å²) in [5, 5.41) is 2.87. The third-order valence-electron chi connectivity index (χ3n) is 6.55. The third kappa shape index (κ3) is 5.40. The summed E-state index contributed by atoms with van der Waals surface area (Å²) in [6, 6.07) is 22.7. The number of hydrogen-bond acceptors (Lipinski definition) is 5. The van der Waals surface area contributed by atoms with Gasteiger partial charge in [0.25, 0.3) is 11.8 Å². The number of furan rings is 1. The second-order valence-electron chi connectivity index (χ2n) is 9.20. The summed E-state index contributed by atoms with van der Waals surface area (Å²) in [6.45, 7) is 4.66. The van der Waals surface area contributed by atoms with E-state index >= 15 is 0 Å². The first-order valence-corrected chi connectivity index (χ1v) is 12.4. The monoisotopic (exact) mass is 495 g/mol. The molecular weight excluding hydrogens is 466 g/mol. The summed E-state index contributed by atoms with van der Waals surface area (Å²) in [4.78, 5) is 32.2. The van der Waals surface area contributed by atoms with Crippen molar-refractivity contribution < 1.29 is 18.7 Å². The van der Waals surface area contributed by atoms with Crippen LogP contribution in [0.2, 0.25) is 0 Å². The number of aromatic nitrogens is 1. The quantitative estimate of drug-likeness (QED) is 0.396. The van der Waals surface area contributed by atoms with Crippen LogP contribution in [0.3, 0.4) is 0 Å². The van der Waals surface area contributed by atoms with E-state index in [1.54, 1.807) is 25.3 Å². The van der Waals surface area contributed by atoms with Gasteiger partial charge in [-0.25, -0.2) is 0 Å². The zero-order valence-electron chi connectivity index (χ0n) is 20.9. The van der Waals surface area contributed by atoms with Crippen LogP contribution in [-0.2, 0) is 17.8 Å². The van der Waals surface area contributed by atoms with Crippen molar-refractivity contribution >= 4 is 11.8 Å². The first-order valence-electron chi connectivity index (χ1n) is 12.4. The van der Waals surface area contributed by atoms with Crippen LogP contribution in [0.25, 0.3) is 0 Å². The molecule has 0 bridgehead atoms. The van der Waals surface area contributed by atoms with Crippen molar-refractivity contribution in [1.82, 2.24) is 15.2 Å². The number of pyridine rings is 1. The second-order valence-corrected chi connectivity index (χ2v) is 9.20. The van der Waals surface area contributed by atoms with E-state index in [0.29, 0.717) is 31.0 Å². The number of nitrogens with one attached hydrogen (secondary N) is 1. The predicted octanol–water partition coefficient (Wildman–Crippen LogP) is 4.85. The Bertz CT molecular complexity index is 1390. The summed E-state index contributed by atoms with van der Waals surface area (Å²) < 4.78 is 11.5. The highest BCUT2D eigenvalue weighted by molar-refractivity contribution is 5.92. The van der Waals surface area contributed by atoms with Crippen molar-refractivity contribution in [3.8, 4) is 5.75 Å². The molecule has 188 valence electrons. The van der Waals surface area contributed by atoms with Crippen LogP contribution in [0.15, 0.2) is 89.7 Å². The van der Waals surface area contributed by atoms with Gasteiger partial charge in [-0.15, -0.1) is 0 Å². The van der Waals surface area contributed by atoms with Gasteiger partial charge in [-0.1, -0.05) is 42.0 Å². The van der Waals surface area contributed by atoms with E-state index in [0.717, 1.165) is 27.9 Å². The average Bonchev–Trinajstić information content (AvgIpc) is 3.46. The molecule has 1 aliphatic rings. The fourth-order valence-corrected chi connectivity index (χ4v) is 4.71. The molecule has 37 heavy (non-hydrogen) atoms. The molecule has 0 fully saturated rings. The number of aryl methyl sites for hydroxylation is 1. The lowest BCUT2D eigenvalue weighted by molar-refractivity contribution is -0.127. The van der Waals surface area contributed by atoms with Crippen LogP contribution in [0, 0.1) is 6.92 Å². The molecule has 5 rings (SSSR count). The molecule has 2 amide bonds. The molecular formula is C30H29N3O4. The fraction of sp³-hybridized carbons (Fsp3) is 0.233. The number of carbonyl (C=O) groups is 2. The number of fused-ring (bicyclic) bond motifs is 1. The number of rotatable bonds is 7. The van der Waals surface area contributed by atoms with E-state index < -0.39 is 6.10 Å². The van der Waals surface area contributed by atoms with Crippen molar-refractivity contribution in [1.29, 1.82) is 0 Å². The summed E-state index contributed by atoms with van der Waals surface area (Å²) in [7, 11) is 0. The molecule has 2 aromatic carbocycles. The van der Waals surface area contributed by atoms with Crippen LogP contribution in [0.5, 0.6) is 5.75 Å². The molecule has 1 aliphatic heterocycles. The zero-order chi connectivity index (χ0) is 25.8. The van der Waals surface area contributed by atoms with Crippen molar-refractivity contribution in [2.45, 2.75) is 39.0 Å². The SMILES string of the molecule is Cc1cccc([C@@H]2c3cc(O[C@@H](C)C(=O)NCc4ccccn4)ccc3CCN2C(=O)c2ccco2)c1. The van der Waals surface area contributed by atoms with Crippen LogP contribution in [0.4, 0.5) is 0 Å². The average molecular weight is 496 g/mol. The Labute approximate surface area is 216 Å². The van der Waals surface area contributed by atoms with E-state index in [1.807, 2.05) is 66.4 Å². The van der Waals surface area contributed by atoms with Gasteiger partial charge >= 0.3 is 0 Å². The molecule has 4 aromatic rings. The Morgan fingerprint density at radius 2 is 2.00 bits per heavy atom. The van der Waals surface area contributed by atoms with Crippen molar-refractivity contribution in [2.75, 3.05) is 6.54 Å². The number of nitrogens with zero attached hydrogens (tertiary/aromatic N) is 2. The van der Waals surface area contributed by atoms with E-state index in [1.165, 1.54) is 6.26 Å². The highest BCUT2D eigenvalue weighted by atomic mass is 16.5. The smallest absolute Gasteiger partial charge is 0.290 e. The van der Waals surface area contributed by atoms with Crippen LogP contribution >= 0.6 is 0 Å². The Kier molecular flexibility index (Phi) is 7.03. The molecule has 3 heterocycles. The summed E-state index contributed by atoms with van der Waals surface area (Å²) in [6.07, 6.45) is 3.21. The maximum absolute atomic E-state index is 13.4. The van der Waals surface area contributed by atoms with Crippen molar-refractivity contribution in [3.63, 3.8) is 0 Å². The number of benzene rings is 2. The van der Waals surface area contributed by atoms with Gasteiger partial charge in [0.15, 0.2) is 11.9 Å². The van der Waals surface area contributed by atoms with Crippen LogP contribution in [0.1, 0.15) is 51.5 Å². The minimum atomic E-state index is -0.705. The van der Waals surface area contributed by atoms with Gasteiger partial charge in [0.05, 0.1) is 24.5 Å². The Hall–Kier alpha value is -4.39. The molecule has 0 saturated carbocycles. The molecule has 7 nitrogen and oxygen atoms in total. The van der Waals surface area contributed by atoms with Crippen molar-refractivity contribution in [3.05, 3.63) is 119 Å². The van der Waals surface area contributed by atoms with Gasteiger partial charge in [-0.2, -0.15) is 0 Å². The van der Waals surface area contributed by atoms with E-state index in [2.05, 4.69) is 16.4 Å². The van der Waals surface area contributed by atoms with Gasteiger partial charge < -0.3 is 19.4 Å². The Morgan fingerprint density at radius 1 is 1.11 bits per heavy atom. The largest absolute Gasteiger partial charge is 0.481 e. The predicted molar refractivity (Wildman–Crippen MR) is 139 cm³/mol. The maximum Gasteiger partial charge on any atom is 0.290 e. The van der Waals surface area contributed by atoms with Gasteiger partial charge in [-0.05, 0) is 73.4 Å². The topological polar surface area (TPSA) is 84.7 Å². The maximum atomic E-state index is 13.4. The molecule has 2 atom stereocenters. The van der Waals surface area contributed by atoms with Crippen LogP contribution < -0.4 is 10.1 Å². The Balaban J connectivity index is 1.40. The molecule has 2 aromatic heterocycles. The Morgan fingerprint density at radius 3 is 2.76 bits per heavy atom. The highest BCUT2D eigenvalue weighted by Crippen LogP contribution is 2.38. The summed E-state index contributed by atoms with van der Waals surface area (Å²) in [5.74, 6) is 0.500. The molecule has 0 unspecified atom stereocenters. The standard InChI is InChI=1S/C30H29N3O4/c1-20-7-5-8-23(17-20)28-26-18-25(37-21(2)29(34)32-19-24-9-3-4-14-31-24)12-11-22(26)13-15-33(28)30(35)27-10-6-16-36-27/h3-12,14,16-18,21,28H,13,15,19H2,1-2H3,(H,32,34)/t21-,28+/m0/s1. The number of amides is 2. The zero-order valence-corrected chi connectivity index (χ0v) is 20.9. The lowest BCUT2D eigenvalue weighted by Gasteiger charge is -2.37. The summed E-state index contributed by atoms with van der Waals surface area (Å²) in [5.41, 5.74) is 5.03. The van der Waals surface area contributed by atoms with Crippen molar-refractivity contribution in [2.24, 2.45) is 0 Å². The van der Waals surface area contributed by atoms with E-state index in [4.69, 9.17) is 9.15 Å². The molecule has 7 heteroatoms. The molecule has 1 N–H and O–H groups in total. The number of hydrogen-bond donors (Lipinski definition) is 1. The first kappa shape index (κ1) is 24.3. The van der Waals surface area contributed by atoms with Gasteiger partial charge in [0, 0.05) is 12.7 Å².